The summed E-state index contributed by atoms with van der Waals surface area (Å²) in [4.78, 5) is 26.4. The lowest BCUT2D eigenvalue weighted by atomic mass is 10.3. The van der Waals surface area contributed by atoms with Gasteiger partial charge in [0.05, 0.1) is 0 Å². The zero-order valence-corrected chi connectivity index (χ0v) is 11.0. The number of likely N-dealkylation sites (N-methyl/N-ethyl adjacent to an activating group) is 1. The number of carbonyl (C=O) groups excluding carboxylic acids is 1. The van der Waals surface area contributed by atoms with E-state index < -0.39 is 12.1 Å². The maximum Gasteiger partial charge on any atom is 0.405 e. The molecule has 6 nitrogen and oxygen atoms in total. The summed E-state index contributed by atoms with van der Waals surface area (Å²) >= 11 is 1.61. The minimum Gasteiger partial charge on any atom is -0.465 e. The summed E-state index contributed by atoms with van der Waals surface area (Å²) in [5, 5.41) is 11.0. The van der Waals surface area contributed by atoms with E-state index >= 15 is 0 Å². The first-order chi connectivity index (χ1) is 8.00. The van der Waals surface area contributed by atoms with Gasteiger partial charge in [-0.2, -0.15) is 11.8 Å². The molecule has 7 heteroatoms. The minimum absolute atomic E-state index is 0.112. The molecule has 0 radical (unpaired) electrons. The summed E-state index contributed by atoms with van der Waals surface area (Å²) in [7, 11) is 3.90. The zero-order chi connectivity index (χ0) is 12.8. The maximum atomic E-state index is 12.1. The van der Waals surface area contributed by atoms with E-state index in [-0.39, 0.29) is 5.91 Å². The van der Waals surface area contributed by atoms with E-state index in [9.17, 15) is 9.59 Å². The SMILES string of the molecule is CN(C)CCN1CCSCC(NC(=O)O)C1=O. The largest absolute Gasteiger partial charge is 0.465 e. The maximum absolute atomic E-state index is 12.1. The van der Waals surface area contributed by atoms with E-state index in [1.165, 1.54) is 0 Å². The number of rotatable bonds is 4. The molecule has 0 saturated carbocycles. The molecule has 17 heavy (non-hydrogen) atoms. The van der Waals surface area contributed by atoms with Crippen LogP contribution in [0.3, 0.4) is 0 Å². The molecule has 0 bridgehead atoms. The first-order valence-electron chi connectivity index (χ1n) is 5.51. The van der Waals surface area contributed by atoms with Crippen LogP contribution in [-0.2, 0) is 4.79 Å². The summed E-state index contributed by atoms with van der Waals surface area (Å²) in [6.07, 6.45) is -1.14. The van der Waals surface area contributed by atoms with Crippen molar-refractivity contribution in [2.75, 3.05) is 45.2 Å². The van der Waals surface area contributed by atoms with Crippen molar-refractivity contribution in [2.45, 2.75) is 6.04 Å². The molecule has 1 heterocycles. The van der Waals surface area contributed by atoms with E-state index in [2.05, 4.69) is 5.32 Å². The Hall–Kier alpha value is -0.950. The molecule has 0 aromatic rings. The molecule has 0 aromatic carbocycles. The van der Waals surface area contributed by atoms with Gasteiger partial charge in [-0.25, -0.2) is 4.79 Å². The second kappa shape index (κ2) is 6.70. The first kappa shape index (κ1) is 14.1. The predicted octanol–water partition coefficient (Wildman–Crippen LogP) is -0.240. The monoisotopic (exact) mass is 261 g/mol. The van der Waals surface area contributed by atoms with E-state index in [0.717, 1.165) is 12.3 Å². The summed E-state index contributed by atoms with van der Waals surface area (Å²) in [6.45, 7) is 2.12. The van der Waals surface area contributed by atoms with Gasteiger partial charge in [0, 0.05) is 31.1 Å². The van der Waals surface area contributed by atoms with Gasteiger partial charge in [0.1, 0.15) is 6.04 Å². The lowest BCUT2D eigenvalue weighted by Gasteiger charge is -2.25. The van der Waals surface area contributed by atoms with Crippen LogP contribution < -0.4 is 5.32 Å². The van der Waals surface area contributed by atoms with Crippen LogP contribution in [0.4, 0.5) is 4.79 Å². The van der Waals surface area contributed by atoms with Crippen LogP contribution in [0.15, 0.2) is 0 Å². The Morgan fingerprint density at radius 2 is 2.35 bits per heavy atom. The number of carbonyl (C=O) groups is 2. The van der Waals surface area contributed by atoms with Crippen LogP contribution in [0.5, 0.6) is 0 Å². The molecule has 0 spiro atoms. The topological polar surface area (TPSA) is 72.9 Å². The molecule has 2 N–H and O–H groups in total. The lowest BCUT2D eigenvalue weighted by molar-refractivity contribution is -0.132. The highest BCUT2D eigenvalue weighted by Crippen LogP contribution is 2.12. The molecule has 1 saturated heterocycles. The highest BCUT2D eigenvalue weighted by molar-refractivity contribution is 7.99. The Kier molecular flexibility index (Phi) is 5.57. The average Bonchev–Trinajstić information content (AvgIpc) is 2.39. The number of hydrogen-bond donors (Lipinski definition) is 2. The van der Waals surface area contributed by atoms with Crippen molar-refractivity contribution in [1.29, 1.82) is 0 Å². The third-order valence-corrected chi connectivity index (χ3v) is 3.55. The third kappa shape index (κ3) is 4.82. The molecule has 2 amide bonds. The predicted molar refractivity (Wildman–Crippen MR) is 67.4 cm³/mol. The van der Waals surface area contributed by atoms with Crippen molar-refractivity contribution >= 4 is 23.8 Å². The van der Waals surface area contributed by atoms with Crippen molar-refractivity contribution in [3.05, 3.63) is 0 Å². The number of hydrogen-bond acceptors (Lipinski definition) is 4. The van der Waals surface area contributed by atoms with Gasteiger partial charge in [-0.3, -0.25) is 4.79 Å². The summed E-state index contributed by atoms with van der Waals surface area (Å²) in [6, 6.07) is -0.609. The minimum atomic E-state index is -1.14. The summed E-state index contributed by atoms with van der Waals surface area (Å²) in [5.41, 5.74) is 0. The first-order valence-corrected chi connectivity index (χ1v) is 6.67. The molecule has 1 rings (SSSR count). The van der Waals surface area contributed by atoms with Crippen LogP contribution >= 0.6 is 11.8 Å². The second-order valence-electron chi connectivity index (χ2n) is 4.21. The second-order valence-corrected chi connectivity index (χ2v) is 5.36. The molecule has 1 aliphatic rings. The van der Waals surface area contributed by atoms with Gasteiger partial charge in [-0.1, -0.05) is 0 Å². The molecule has 1 atom stereocenters. The van der Waals surface area contributed by atoms with Crippen LogP contribution in [0.2, 0.25) is 0 Å². The van der Waals surface area contributed by atoms with Crippen LogP contribution in [-0.4, -0.2) is 78.2 Å². The van der Waals surface area contributed by atoms with Gasteiger partial charge < -0.3 is 20.2 Å². The lowest BCUT2D eigenvalue weighted by Crippen LogP contribution is -2.49. The van der Waals surface area contributed by atoms with Crippen molar-refractivity contribution in [1.82, 2.24) is 15.1 Å². The molecule has 98 valence electrons. The molecule has 1 aliphatic heterocycles. The van der Waals surface area contributed by atoms with Crippen LogP contribution in [0, 0.1) is 0 Å². The molecular formula is C10H19N3O3S. The fourth-order valence-corrected chi connectivity index (χ4v) is 2.55. The van der Waals surface area contributed by atoms with Gasteiger partial charge in [-0.15, -0.1) is 0 Å². The fraction of sp³-hybridized carbons (Fsp3) is 0.800. The molecule has 1 unspecified atom stereocenters. The Bertz CT molecular complexity index is 286. The number of amides is 2. The Morgan fingerprint density at radius 3 is 2.94 bits per heavy atom. The van der Waals surface area contributed by atoms with Crippen LogP contribution in [0.1, 0.15) is 0 Å². The number of thioether (sulfide) groups is 1. The Labute approximate surface area is 105 Å². The fourth-order valence-electron chi connectivity index (χ4n) is 1.57. The van der Waals surface area contributed by atoms with Gasteiger partial charge in [-0.05, 0) is 14.1 Å². The van der Waals surface area contributed by atoms with Crippen LogP contribution in [0.25, 0.3) is 0 Å². The normalized spacial score (nSPS) is 21.5. The molecular weight excluding hydrogens is 242 g/mol. The number of nitrogens with one attached hydrogen (secondary N) is 1. The van der Waals surface area contributed by atoms with E-state index in [1.54, 1.807) is 16.7 Å². The molecule has 1 fully saturated rings. The van der Waals surface area contributed by atoms with Crippen molar-refractivity contribution in [2.24, 2.45) is 0 Å². The van der Waals surface area contributed by atoms with E-state index in [0.29, 0.717) is 18.8 Å². The summed E-state index contributed by atoms with van der Waals surface area (Å²) in [5.74, 6) is 1.26. The van der Waals surface area contributed by atoms with Crippen molar-refractivity contribution in [3.8, 4) is 0 Å². The van der Waals surface area contributed by atoms with Gasteiger partial charge in [0.15, 0.2) is 0 Å². The third-order valence-electron chi connectivity index (χ3n) is 2.51. The number of nitrogens with zero attached hydrogens (tertiary/aromatic N) is 2. The van der Waals surface area contributed by atoms with E-state index in [1.807, 2.05) is 19.0 Å². The Balaban J connectivity index is 2.57. The quantitative estimate of drug-likeness (QED) is 0.731. The average molecular weight is 261 g/mol. The van der Waals surface area contributed by atoms with Crippen molar-refractivity contribution < 1.29 is 14.7 Å². The number of carboxylic acid groups (broad SMARTS) is 1. The van der Waals surface area contributed by atoms with Gasteiger partial charge >= 0.3 is 6.09 Å². The Morgan fingerprint density at radius 1 is 1.65 bits per heavy atom. The molecule has 0 aliphatic carbocycles. The molecule has 0 aromatic heterocycles. The zero-order valence-electron chi connectivity index (χ0n) is 10.2. The van der Waals surface area contributed by atoms with E-state index in [4.69, 9.17) is 5.11 Å². The van der Waals surface area contributed by atoms with Gasteiger partial charge in [0.2, 0.25) is 5.91 Å². The smallest absolute Gasteiger partial charge is 0.405 e. The highest BCUT2D eigenvalue weighted by atomic mass is 32.2. The highest BCUT2D eigenvalue weighted by Gasteiger charge is 2.28. The van der Waals surface area contributed by atoms with Gasteiger partial charge in [0.25, 0.3) is 0 Å². The van der Waals surface area contributed by atoms with Crippen molar-refractivity contribution in [3.63, 3.8) is 0 Å². The standard InChI is InChI=1S/C10H19N3O3S/c1-12(2)3-4-13-5-6-17-7-8(9(13)14)11-10(15)16/h8,11H,3-7H2,1-2H3,(H,15,16). The summed E-state index contributed by atoms with van der Waals surface area (Å²) < 4.78 is 0.